The maximum Gasteiger partial charge on any atom is 0.302 e. The number of H-pyrrole nitrogens is 1. The molecule has 0 atom stereocenters. The van der Waals surface area contributed by atoms with Gasteiger partial charge in [0.1, 0.15) is 12.2 Å². The Labute approximate surface area is 168 Å². The van der Waals surface area contributed by atoms with E-state index in [4.69, 9.17) is 4.74 Å². The number of nitrogens with zero attached hydrogens (tertiary/aromatic N) is 2. The average Bonchev–Trinajstić information content (AvgIpc) is 2.74. The van der Waals surface area contributed by atoms with E-state index in [0.29, 0.717) is 16.8 Å². The summed E-state index contributed by atoms with van der Waals surface area (Å²) in [6, 6.07) is 18.5. The Kier molecular flexibility index (Phi) is 6.19. The van der Waals surface area contributed by atoms with Gasteiger partial charge in [-0.2, -0.15) is 5.10 Å². The van der Waals surface area contributed by atoms with Crippen molar-refractivity contribution in [1.29, 1.82) is 0 Å². The van der Waals surface area contributed by atoms with Crippen LogP contribution in [0.3, 0.4) is 0 Å². The van der Waals surface area contributed by atoms with E-state index in [9.17, 15) is 14.4 Å². The molecule has 0 saturated carbocycles. The summed E-state index contributed by atoms with van der Waals surface area (Å²) in [5.41, 5.74) is 1.88. The highest BCUT2D eigenvalue weighted by Gasteiger charge is 2.25. The number of likely N-dealkylation sites (N-methyl/N-ethyl adjacent to an activating group) is 1. The monoisotopic (exact) mass is 391 g/mol. The number of ether oxygens (including phenoxy) is 1. The summed E-state index contributed by atoms with van der Waals surface area (Å²) in [6.45, 7) is 1.51. The van der Waals surface area contributed by atoms with Gasteiger partial charge >= 0.3 is 5.97 Å². The summed E-state index contributed by atoms with van der Waals surface area (Å²) in [4.78, 5) is 38.2. The lowest BCUT2D eigenvalue weighted by molar-refractivity contribution is -0.141. The molecule has 7 nitrogen and oxygen atoms in total. The van der Waals surface area contributed by atoms with Gasteiger partial charge in [0.05, 0.1) is 12.2 Å². The summed E-state index contributed by atoms with van der Waals surface area (Å²) in [7, 11) is 1.56. The van der Waals surface area contributed by atoms with Gasteiger partial charge in [-0.3, -0.25) is 14.4 Å². The third-order valence-electron chi connectivity index (χ3n) is 4.39. The van der Waals surface area contributed by atoms with Crippen molar-refractivity contribution in [2.75, 3.05) is 20.2 Å². The molecule has 0 bridgehead atoms. The number of hydrogen-bond acceptors (Lipinski definition) is 5. The van der Waals surface area contributed by atoms with Crippen molar-refractivity contribution in [3.8, 4) is 22.4 Å². The molecule has 0 aliphatic heterocycles. The summed E-state index contributed by atoms with van der Waals surface area (Å²) in [6.07, 6.45) is 0. The molecule has 1 aromatic heterocycles. The number of benzene rings is 2. The Morgan fingerprint density at radius 3 is 2.17 bits per heavy atom. The SMILES string of the molecule is CC(=O)OCCN(C)C(=O)c1c(-c2ccccc2)c(-c2ccccc2)n[nH]c1=O. The fourth-order valence-electron chi connectivity index (χ4n) is 2.96. The molecule has 0 saturated heterocycles. The van der Waals surface area contributed by atoms with Crippen LogP contribution in [-0.2, 0) is 9.53 Å². The minimum atomic E-state index is -0.576. The normalized spacial score (nSPS) is 10.4. The lowest BCUT2D eigenvalue weighted by Crippen LogP contribution is -2.35. The van der Waals surface area contributed by atoms with Gasteiger partial charge in [0.15, 0.2) is 0 Å². The number of nitrogens with one attached hydrogen (secondary N) is 1. The topological polar surface area (TPSA) is 92.4 Å². The van der Waals surface area contributed by atoms with E-state index in [0.717, 1.165) is 5.56 Å². The molecule has 0 unspecified atom stereocenters. The molecular formula is C22H21N3O4. The Morgan fingerprint density at radius 2 is 1.59 bits per heavy atom. The minimum Gasteiger partial charge on any atom is -0.464 e. The maximum absolute atomic E-state index is 13.2. The third-order valence-corrected chi connectivity index (χ3v) is 4.39. The summed E-state index contributed by atoms with van der Waals surface area (Å²) < 4.78 is 4.91. The van der Waals surface area contributed by atoms with Crippen molar-refractivity contribution < 1.29 is 14.3 Å². The van der Waals surface area contributed by atoms with E-state index in [1.807, 2.05) is 60.7 Å². The maximum atomic E-state index is 13.2. The molecule has 2 aromatic carbocycles. The zero-order valence-electron chi connectivity index (χ0n) is 16.2. The van der Waals surface area contributed by atoms with Gasteiger partial charge in [0.25, 0.3) is 11.5 Å². The van der Waals surface area contributed by atoms with Crippen LogP contribution in [-0.4, -0.2) is 47.2 Å². The van der Waals surface area contributed by atoms with E-state index in [2.05, 4.69) is 10.2 Å². The number of carbonyl (C=O) groups excluding carboxylic acids is 2. The van der Waals surface area contributed by atoms with Crippen LogP contribution in [0, 0.1) is 0 Å². The van der Waals surface area contributed by atoms with Crippen LogP contribution in [0.15, 0.2) is 65.5 Å². The molecule has 0 fully saturated rings. The number of esters is 1. The number of hydrogen-bond donors (Lipinski definition) is 1. The highest BCUT2D eigenvalue weighted by atomic mass is 16.5. The van der Waals surface area contributed by atoms with Gasteiger partial charge < -0.3 is 9.64 Å². The third kappa shape index (κ3) is 4.57. The van der Waals surface area contributed by atoms with E-state index in [-0.39, 0.29) is 18.7 Å². The number of aromatic amines is 1. The second-order valence-corrected chi connectivity index (χ2v) is 6.45. The lowest BCUT2D eigenvalue weighted by Gasteiger charge is -2.19. The largest absolute Gasteiger partial charge is 0.464 e. The molecule has 0 radical (unpaired) electrons. The van der Waals surface area contributed by atoms with Crippen molar-refractivity contribution in [3.05, 3.63) is 76.6 Å². The van der Waals surface area contributed by atoms with E-state index in [1.165, 1.54) is 11.8 Å². The van der Waals surface area contributed by atoms with Crippen molar-refractivity contribution in [3.63, 3.8) is 0 Å². The van der Waals surface area contributed by atoms with Crippen molar-refractivity contribution in [2.45, 2.75) is 6.92 Å². The Hall–Kier alpha value is -3.74. The summed E-state index contributed by atoms with van der Waals surface area (Å²) in [5, 5.41) is 6.68. The zero-order chi connectivity index (χ0) is 20.8. The molecule has 0 aliphatic carbocycles. The van der Waals surface area contributed by atoms with Crippen LogP contribution in [0.5, 0.6) is 0 Å². The highest BCUT2D eigenvalue weighted by Crippen LogP contribution is 2.31. The Balaban J connectivity index is 2.12. The molecule has 3 rings (SSSR count). The molecule has 7 heteroatoms. The Bertz CT molecular complexity index is 1060. The second-order valence-electron chi connectivity index (χ2n) is 6.45. The number of amides is 1. The molecular weight excluding hydrogens is 370 g/mol. The highest BCUT2D eigenvalue weighted by molar-refractivity contribution is 6.03. The van der Waals surface area contributed by atoms with Crippen LogP contribution < -0.4 is 5.56 Å². The molecule has 0 spiro atoms. The zero-order valence-corrected chi connectivity index (χ0v) is 16.2. The Morgan fingerprint density at radius 1 is 1.00 bits per heavy atom. The van der Waals surface area contributed by atoms with Crippen LogP contribution >= 0.6 is 0 Å². The molecule has 0 aliphatic rings. The fourth-order valence-corrected chi connectivity index (χ4v) is 2.96. The number of aromatic nitrogens is 2. The van der Waals surface area contributed by atoms with E-state index < -0.39 is 17.4 Å². The van der Waals surface area contributed by atoms with Gasteiger partial charge in [-0.1, -0.05) is 60.7 Å². The summed E-state index contributed by atoms with van der Waals surface area (Å²) in [5.74, 6) is -0.902. The first-order valence-electron chi connectivity index (χ1n) is 9.11. The number of carbonyl (C=O) groups is 2. The van der Waals surface area contributed by atoms with Crippen LogP contribution in [0.1, 0.15) is 17.3 Å². The van der Waals surface area contributed by atoms with Gasteiger partial charge in [-0.15, -0.1) is 0 Å². The van der Waals surface area contributed by atoms with E-state index >= 15 is 0 Å². The molecule has 29 heavy (non-hydrogen) atoms. The van der Waals surface area contributed by atoms with Gasteiger partial charge in [-0.25, -0.2) is 5.10 Å². The molecule has 1 N–H and O–H groups in total. The van der Waals surface area contributed by atoms with Gasteiger partial charge in [0.2, 0.25) is 0 Å². The standard InChI is InChI=1S/C22H21N3O4/c1-15(26)29-14-13-25(2)22(28)19-18(16-9-5-3-6-10-16)20(23-24-21(19)27)17-11-7-4-8-12-17/h3-12H,13-14H2,1-2H3,(H,24,27). The number of rotatable bonds is 6. The lowest BCUT2D eigenvalue weighted by atomic mass is 9.95. The average molecular weight is 391 g/mol. The van der Waals surface area contributed by atoms with Crippen LogP contribution in [0.4, 0.5) is 0 Å². The predicted octanol–water partition coefficient (Wildman–Crippen LogP) is 2.74. The molecule has 1 amide bonds. The van der Waals surface area contributed by atoms with Crippen LogP contribution in [0.25, 0.3) is 22.4 Å². The van der Waals surface area contributed by atoms with Crippen molar-refractivity contribution >= 4 is 11.9 Å². The first kappa shape index (κ1) is 20.0. The fraction of sp³-hybridized carbons (Fsp3) is 0.182. The van der Waals surface area contributed by atoms with E-state index in [1.54, 1.807) is 7.05 Å². The first-order valence-corrected chi connectivity index (χ1v) is 9.11. The quantitative estimate of drug-likeness (QED) is 0.652. The minimum absolute atomic E-state index is 0.00428. The van der Waals surface area contributed by atoms with Crippen molar-refractivity contribution in [1.82, 2.24) is 15.1 Å². The molecule has 3 aromatic rings. The molecule has 1 heterocycles. The van der Waals surface area contributed by atoms with Crippen molar-refractivity contribution in [2.24, 2.45) is 0 Å². The van der Waals surface area contributed by atoms with Crippen LogP contribution in [0.2, 0.25) is 0 Å². The first-order chi connectivity index (χ1) is 14.0. The summed E-state index contributed by atoms with van der Waals surface area (Å²) >= 11 is 0. The predicted molar refractivity (Wildman–Crippen MR) is 109 cm³/mol. The second kappa shape index (κ2) is 8.97. The van der Waals surface area contributed by atoms with Gasteiger partial charge in [0, 0.05) is 25.1 Å². The smallest absolute Gasteiger partial charge is 0.302 e. The van der Waals surface area contributed by atoms with Gasteiger partial charge in [-0.05, 0) is 5.56 Å². The molecule has 148 valence electrons.